The van der Waals surface area contributed by atoms with Crippen molar-refractivity contribution in [2.45, 2.75) is 18.4 Å². The highest BCUT2D eigenvalue weighted by Gasteiger charge is 2.13. The van der Waals surface area contributed by atoms with Crippen molar-refractivity contribution in [1.29, 1.82) is 0 Å². The Balaban J connectivity index is 2.03. The van der Waals surface area contributed by atoms with Crippen molar-refractivity contribution in [3.63, 3.8) is 0 Å². The summed E-state index contributed by atoms with van der Waals surface area (Å²) in [7, 11) is -3.50. The summed E-state index contributed by atoms with van der Waals surface area (Å²) in [6, 6.07) is 9.25. The molecule has 1 amide bonds. The maximum atomic E-state index is 11.9. The zero-order chi connectivity index (χ0) is 15.3. The Labute approximate surface area is 123 Å². The minimum Gasteiger partial charge on any atom is -0.467 e. The van der Waals surface area contributed by atoms with E-state index in [1.165, 1.54) is 30.5 Å². The van der Waals surface area contributed by atoms with Gasteiger partial charge in [0.2, 0.25) is 10.0 Å². The lowest BCUT2D eigenvalue weighted by molar-refractivity contribution is 0.0948. The van der Waals surface area contributed by atoms with Gasteiger partial charge in [0.25, 0.3) is 5.91 Å². The highest BCUT2D eigenvalue weighted by atomic mass is 32.2. The van der Waals surface area contributed by atoms with Crippen LogP contribution in [-0.4, -0.2) is 20.9 Å². The Morgan fingerprint density at radius 1 is 1.19 bits per heavy atom. The maximum Gasteiger partial charge on any atom is 0.251 e. The van der Waals surface area contributed by atoms with Gasteiger partial charge in [-0.3, -0.25) is 4.79 Å². The lowest BCUT2D eigenvalue weighted by atomic mass is 10.2. The van der Waals surface area contributed by atoms with Gasteiger partial charge in [-0.2, -0.15) is 0 Å². The second-order valence-electron chi connectivity index (χ2n) is 4.29. The van der Waals surface area contributed by atoms with Gasteiger partial charge in [0.05, 0.1) is 17.7 Å². The van der Waals surface area contributed by atoms with Crippen LogP contribution in [0.5, 0.6) is 0 Å². The Kier molecular flexibility index (Phi) is 4.77. The first-order chi connectivity index (χ1) is 10.0. The average Bonchev–Trinajstić information content (AvgIpc) is 2.98. The van der Waals surface area contributed by atoms with Crippen molar-refractivity contribution in [3.05, 3.63) is 54.0 Å². The van der Waals surface area contributed by atoms with E-state index in [2.05, 4.69) is 10.0 Å². The molecule has 1 heterocycles. The standard InChI is InChI=1S/C14H16N2O4S/c1-2-16-21(18,19)13-7-5-11(6-8-13)14(17)15-10-12-4-3-9-20-12/h3-9,16H,2,10H2,1H3,(H,15,17). The fraction of sp³-hybridized carbons (Fsp3) is 0.214. The van der Waals surface area contributed by atoms with Gasteiger partial charge in [0.1, 0.15) is 5.76 Å². The molecule has 0 atom stereocenters. The van der Waals surface area contributed by atoms with Gasteiger partial charge < -0.3 is 9.73 Å². The number of hydrogen-bond donors (Lipinski definition) is 2. The predicted molar refractivity (Wildman–Crippen MR) is 77.2 cm³/mol. The van der Waals surface area contributed by atoms with Crippen molar-refractivity contribution >= 4 is 15.9 Å². The smallest absolute Gasteiger partial charge is 0.251 e. The van der Waals surface area contributed by atoms with E-state index in [0.29, 0.717) is 17.9 Å². The van der Waals surface area contributed by atoms with Gasteiger partial charge >= 0.3 is 0 Å². The van der Waals surface area contributed by atoms with Gasteiger partial charge in [-0.25, -0.2) is 13.1 Å². The number of carbonyl (C=O) groups is 1. The molecule has 1 aromatic heterocycles. The van der Waals surface area contributed by atoms with Crippen molar-refractivity contribution in [2.75, 3.05) is 6.54 Å². The SMILES string of the molecule is CCNS(=O)(=O)c1ccc(C(=O)NCc2ccco2)cc1. The topological polar surface area (TPSA) is 88.4 Å². The molecular formula is C14H16N2O4S. The third-order valence-electron chi connectivity index (χ3n) is 2.76. The van der Waals surface area contributed by atoms with Crippen molar-refractivity contribution in [2.24, 2.45) is 0 Å². The van der Waals surface area contributed by atoms with Crippen molar-refractivity contribution in [1.82, 2.24) is 10.0 Å². The monoisotopic (exact) mass is 308 g/mol. The molecule has 21 heavy (non-hydrogen) atoms. The van der Waals surface area contributed by atoms with Crippen LogP contribution in [0.15, 0.2) is 52.0 Å². The molecule has 2 rings (SSSR count). The van der Waals surface area contributed by atoms with Crippen LogP contribution in [-0.2, 0) is 16.6 Å². The molecule has 2 N–H and O–H groups in total. The van der Waals surface area contributed by atoms with E-state index in [1.54, 1.807) is 19.1 Å². The van der Waals surface area contributed by atoms with E-state index in [9.17, 15) is 13.2 Å². The van der Waals surface area contributed by atoms with Crippen LogP contribution < -0.4 is 10.0 Å². The summed E-state index contributed by atoms with van der Waals surface area (Å²) in [4.78, 5) is 12.0. The average molecular weight is 308 g/mol. The Hall–Kier alpha value is -2.12. The molecule has 2 aromatic rings. The summed E-state index contributed by atoms with van der Waals surface area (Å²) in [5.74, 6) is 0.355. The first-order valence-corrected chi connectivity index (χ1v) is 7.91. The molecule has 7 heteroatoms. The van der Waals surface area contributed by atoms with Gasteiger partial charge in [-0.05, 0) is 36.4 Å². The second kappa shape index (κ2) is 6.55. The van der Waals surface area contributed by atoms with Gasteiger partial charge in [-0.1, -0.05) is 6.92 Å². The summed E-state index contributed by atoms with van der Waals surface area (Å²) in [5, 5.41) is 2.69. The van der Waals surface area contributed by atoms with Crippen LogP contribution in [0.1, 0.15) is 23.0 Å². The molecule has 0 radical (unpaired) electrons. The largest absolute Gasteiger partial charge is 0.467 e. The van der Waals surface area contributed by atoms with Gasteiger partial charge in [0, 0.05) is 12.1 Å². The molecule has 112 valence electrons. The molecule has 0 spiro atoms. The predicted octanol–water partition coefficient (Wildman–Crippen LogP) is 1.51. The number of benzene rings is 1. The Morgan fingerprint density at radius 2 is 1.90 bits per heavy atom. The summed E-state index contributed by atoms with van der Waals surface area (Å²) in [6.45, 7) is 2.30. The highest BCUT2D eigenvalue weighted by molar-refractivity contribution is 7.89. The van der Waals surface area contributed by atoms with Gasteiger partial charge in [-0.15, -0.1) is 0 Å². The van der Waals surface area contributed by atoms with E-state index in [-0.39, 0.29) is 17.3 Å². The van der Waals surface area contributed by atoms with E-state index in [1.807, 2.05) is 0 Å². The number of amides is 1. The molecule has 0 saturated heterocycles. The van der Waals surface area contributed by atoms with E-state index >= 15 is 0 Å². The Morgan fingerprint density at radius 3 is 2.48 bits per heavy atom. The lowest BCUT2D eigenvalue weighted by Crippen LogP contribution is -2.24. The molecular weight excluding hydrogens is 292 g/mol. The lowest BCUT2D eigenvalue weighted by Gasteiger charge is -2.06. The molecule has 0 fully saturated rings. The number of sulfonamides is 1. The normalized spacial score (nSPS) is 11.3. The van der Waals surface area contributed by atoms with Crippen molar-refractivity contribution < 1.29 is 17.6 Å². The quantitative estimate of drug-likeness (QED) is 0.846. The summed E-state index contributed by atoms with van der Waals surface area (Å²) >= 11 is 0. The minimum atomic E-state index is -3.50. The molecule has 0 aliphatic heterocycles. The number of hydrogen-bond acceptors (Lipinski definition) is 4. The zero-order valence-electron chi connectivity index (χ0n) is 11.5. The van der Waals surface area contributed by atoms with Crippen molar-refractivity contribution in [3.8, 4) is 0 Å². The van der Waals surface area contributed by atoms with Crippen LogP contribution >= 0.6 is 0 Å². The maximum absolute atomic E-state index is 11.9. The fourth-order valence-corrected chi connectivity index (χ4v) is 2.78. The summed E-state index contributed by atoms with van der Waals surface area (Å²) in [6.07, 6.45) is 1.53. The minimum absolute atomic E-state index is 0.131. The molecule has 0 unspecified atom stereocenters. The highest BCUT2D eigenvalue weighted by Crippen LogP contribution is 2.10. The molecule has 1 aromatic carbocycles. The van der Waals surface area contributed by atoms with Crippen LogP contribution in [0.3, 0.4) is 0 Å². The molecule has 0 saturated carbocycles. The van der Waals surface area contributed by atoms with E-state index in [0.717, 1.165) is 0 Å². The van der Waals surface area contributed by atoms with Crippen LogP contribution in [0.2, 0.25) is 0 Å². The summed E-state index contributed by atoms with van der Waals surface area (Å²) < 4.78 is 31.0. The van der Waals surface area contributed by atoms with Gasteiger partial charge in [0.15, 0.2) is 0 Å². The first-order valence-electron chi connectivity index (χ1n) is 6.43. The number of nitrogens with one attached hydrogen (secondary N) is 2. The third-order valence-corrected chi connectivity index (χ3v) is 4.33. The summed E-state index contributed by atoms with van der Waals surface area (Å²) in [5.41, 5.74) is 0.386. The number of carbonyl (C=O) groups excluding carboxylic acids is 1. The molecule has 0 aliphatic rings. The first kappa shape index (κ1) is 15.3. The van der Waals surface area contributed by atoms with E-state index in [4.69, 9.17) is 4.42 Å². The van der Waals surface area contributed by atoms with E-state index < -0.39 is 10.0 Å². The number of furan rings is 1. The second-order valence-corrected chi connectivity index (χ2v) is 6.05. The third kappa shape index (κ3) is 3.93. The molecule has 6 nitrogen and oxygen atoms in total. The number of rotatable bonds is 6. The van der Waals surface area contributed by atoms with Crippen LogP contribution in [0, 0.1) is 0 Å². The van der Waals surface area contributed by atoms with Crippen LogP contribution in [0.25, 0.3) is 0 Å². The molecule has 0 aliphatic carbocycles. The molecule has 0 bridgehead atoms. The van der Waals surface area contributed by atoms with Crippen LogP contribution in [0.4, 0.5) is 0 Å². The fourth-order valence-electron chi connectivity index (χ4n) is 1.74. The zero-order valence-corrected chi connectivity index (χ0v) is 12.3. The Bertz CT molecular complexity index is 691.